The summed E-state index contributed by atoms with van der Waals surface area (Å²) in [6.45, 7) is 2.40. The maximum atomic E-state index is 13.1. The molecule has 2 aromatic rings. The zero-order valence-electron chi connectivity index (χ0n) is 14.5. The molecule has 1 saturated heterocycles. The first kappa shape index (κ1) is 17.3. The molecule has 1 aliphatic heterocycles. The molecule has 2 fully saturated rings. The summed E-state index contributed by atoms with van der Waals surface area (Å²) >= 11 is 3.45. The molecule has 5 heteroatoms. The fourth-order valence-corrected chi connectivity index (χ4v) is 3.96. The second-order valence-corrected chi connectivity index (χ2v) is 7.96. The van der Waals surface area contributed by atoms with E-state index in [4.69, 9.17) is 0 Å². The van der Waals surface area contributed by atoms with E-state index in [1.54, 1.807) is 0 Å². The van der Waals surface area contributed by atoms with Crippen LogP contribution in [0.2, 0.25) is 0 Å². The Morgan fingerprint density at radius 1 is 0.808 bits per heavy atom. The molecule has 0 spiro atoms. The van der Waals surface area contributed by atoms with E-state index in [0.717, 1.165) is 22.9 Å². The molecule has 1 saturated carbocycles. The van der Waals surface area contributed by atoms with Crippen LogP contribution in [0, 0.1) is 0 Å². The highest BCUT2D eigenvalue weighted by atomic mass is 79.9. The Morgan fingerprint density at radius 2 is 1.38 bits per heavy atom. The molecule has 0 radical (unpaired) electrons. The van der Waals surface area contributed by atoms with Crippen molar-refractivity contribution in [3.8, 4) is 0 Å². The van der Waals surface area contributed by atoms with Gasteiger partial charge in [-0.3, -0.25) is 9.59 Å². The quantitative estimate of drug-likeness (QED) is 0.774. The molecule has 0 N–H and O–H groups in total. The van der Waals surface area contributed by atoms with Gasteiger partial charge in [-0.05, 0) is 42.7 Å². The van der Waals surface area contributed by atoms with E-state index in [1.165, 1.54) is 0 Å². The van der Waals surface area contributed by atoms with Gasteiger partial charge < -0.3 is 9.80 Å². The number of hydrogen-bond acceptors (Lipinski definition) is 2. The van der Waals surface area contributed by atoms with Crippen molar-refractivity contribution in [2.24, 2.45) is 0 Å². The Bertz CT molecular complexity index is 808. The molecule has 1 heterocycles. The summed E-state index contributed by atoms with van der Waals surface area (Å²) in [6.07, 6.45) is 1.83. The summed E-state index contributed by atoms with van der Waals surface area (Å²) in [5.74, 6) is 0.262. The molecule has 2 aliphatic rings. The van der Waals surface area contributed by atoms with E-state index < -0.39 is 0 Å². The van der Waals surface area contributed by atoms with Crippen LogP contribution in [0.25, 0.3) is 0 Å². The van der Waals surface area contributed by atoms with Crippen molar-refractivity contribution < 1.29 is 9.59 Å². The fourth-order valence-electron chi connectivity index (χ4n) is 3.70. The average molecular weight is 413 g/mol. The smallest absolute Gasteiger partial charge is 0.253 e. The van der Waals surface area contributed by atoms with Crippen molar-refractivity contribution in [3.63, 3.8) is 0 Å². The SMILES string of the molecule is O=C(c1ccccc1)N1CCN(C(=O)C2(c3ccc(Br)cc3)CC2)CC1. The summed E-state index contributed by atoms with van der Waals surface area (Å²) in [4.78, 5) is 29.5. The standard InChI is InChI=1S/C21H21BrN2O2/c22-18-8-6-17(7-9-18)21(10-11-21)20(26)24-14-12-23(13-15-24)19(25)16-4-2-1-3-5-16/h1-9H,10-15H2. The van der Waals surface area contributed by atoms with Gasteiger partial charge in [-0.1, -0.05) is 46.3 Å². The number of piperazine rings is 1. The van der Waals surface area contributed by atoms with Gasteiger partial charge in [0.05, 0.1) is 5.41 Å². The number of hydrogen-bond donors (Lipinski definition) is 0. The van der Waals surface area contributed by atoms with Crippen molar-refractivity contribution in [2.75, 3.05) is 26.2 Å². The predicted molar refractivity (Wildman–Crippen MR) is 104 cm³/mol. The summed E-state index contributed by atoms with van der Waals surface area (Å²) in [5.41, 5.74) is 1.47. The zero-order chi connectivity index (χ0) is 18.1. The van der Waals surface area contributed by atoms with Crippen LogP contribution in [-0.4, -0.2) is 47.8 Å². The van der Waals surface area contributed by atoms with Crippen LogP contribution in [0.5, 0.6) is 0 Å². The molecule has 2 amide bonds. The topological polar surface area (TPSA) is 40.6 Å². The number of halogens is 1. The summed E-state index contributed by atoms with van der Waals surface area (Å²) < 4.78 is 1.03. The minimum atomic E-state index is -0.341. The van der Waals surface area contributed by atoms with Gasteiger partial charge in [0.2, 0.25) is 5.91 Å². The Balaban J connectivity index is 1.41. The Kier molecular flexibility index (Phi) is 4.57. The van der Waals surface area contributed by atoms with Crippen molar-refractivity contribution in [1.82, 2.24) is 9.80 Å². The monoisotopic (exact) mass is 412 g/mol. The second kappa shape index (κ2) is 6.88. The molecule has 1 aliphatic carbocycles. The lowest BCUT2D eigenvalue weighted by atomic mass is 9.94. The third kappa shape index (κ3) is 3.16. The Hall–Kier alpha value is -2.14. The van der Waals surface area contributed by atoms with Crippen molar-refractivity contribution in [2.45, 2.75) is 18.3 Å². The fraction of sp³-hybridized carbons (Fsp3) is 0.333. The van der Waals surface area contributed by atoms with Crippen LogP contribution < -0.4 is 0 Å². The van der Waals surface area contributed by atoms with Gasteiger partial charge in [-0.15, -0.1) is 0 Å². The van der Waals surface area contributed by atoms with Crippen molar-refractivity contribution in [1.29, 1.82) is 0 Å². The first-order valence-corrected chi connectivity index (χ1v) is 9.79. The minimum absolute atomic E-state index is 0.0479. The van der Waals surface area contributed by atoms with Crippen LogP contribution in [0.4, 0.5) is 0 Å². The van der Waals surface area contributed by atoms with Crippen LogP contribution >= 0.6 is 15.9 Å². The molecule has 4 nitrogen and oxygen atoms in total. The normalized spacial score (nSPS) is 18.5. The van der Waals surface area contributed by atoms with Crippen LogP contribution in [0.1, 0.15) is 28.8 Å². The van der Waals surface area contributed by atoms with Crippen LogP contribution in [0.3, 0.4) is 0 Å². The molecule has 0 bridgehead atoms. The summed E-state index contributed by atoms with van der Waals surface area (Å²) in [6, 6.07) is 17.4. The van der Waals surface area contributed by atoms with Gasteiger partial charge in [0.1, 0.15) is 0 Å². The molecule has 0 aromatic heterocycles. The third-order valence-corrected chi connectivity index (χ3v) is 5.96. The van der Waals surface area contributed by atoms with Gasteiger partial charge in [0.25, 0.3) is 5.91 Å². The van der Waals surface area contributed by atoms with E-state index in [9.17, 15) is 9.59 Å². The lowest BCUT2D eigenvalue weighted by Gasteiger charge is -2.36. The van der Waals surface area contributed by atoms with E-state index in [0.29, 0.717) is 31.7 Å². The lowest BCUT2D eigenvalue weighted by Crippen LogP contribution is -2.53. The largest absolute Gasteiger partial charge is 0.338 e. The van der Waals surface area contributed by atoms with Gasteiger partial charge in [-0.2, -0.15) is 0 Å². The van der Waals surface area contributed by atoms with Gasteiger partial charge in [0.15, 0.2) is 0 Å². The molecular formula is C21H21BrN2O2. The molecule has 26 heavy (non-hydrogen) atoms. The number of nitrogens with zero attached hydrogens (tertiary/aromatic N) is 2. The highest BCUT2D eigenvalue weighted by Crippen LogP contribution is 2.49. The van der Waals surface area contributed by atoms with Crippen LogP contribution in [-0.2, 0) is 10.2 Å². The molecule has 0 unspecified atom stereocenters. The summed E-state index contributed by atoms with van der Waals surface area (Å²) in [5, 5.41) is 0. The highest BCUT2D eigenvalue weighted by molar-refractivity contribution is 9.10. The molecule has 134 valence electrons. The number of amides is 2. The third-order valence-electron chi connectivity index (χ3n) is 5.43. The molecule has 2 aromatic carbocycles. The average Bonchev–Trinajstić information content (AvgIpc) is 3.50. The minimum Gasteiger partial charge on any atom is -0.338 e. The first-order valence-electron chi connectivity index (χ1n) is 9.00. The summed E-state index contributed by atoms with van der Waals surface area (Å²) in [7, 11) is 0. The maximum absolute atomic E-state index is 13.1. The zero-order valence-corrected chi connectivity index (χ0v) is 16.1. The van der Waals surface area contributed by atoms with E-state index in [-0.39, 0.29) is 17.2 Å². The maximum Gasteiger partial charge on any atom is 0.253 e. The Morgan fingerprint density at radius 3 is 1.96 bits per heavy atom. The molecule has 4 rings (SSSR count). The van der Waals surface area contributed by atoms with Gasteiger partial charge in [-0.25, -0.2) is 0 Å². The lowest BCUT2D eigenvalue weighted by molar-refractivity contribution is -0.135. The second-order valence-electron chi connectivity index (χ2n) is 7.04. The molecule has 0 atom stereocenters. The molecular weight excluding hydrogens is 392 g/mol. The Labute approximate surface area is 161 Å². The van der Waals surface area contributed by atoms with Gasteiger partial charge >= 0.3 is 0 Å². The van der Waals surface area contributed by atoms with E-state index in [2.05, 4.69) is 15.9 Å². The van der Waals surface area contributed by atoms with Crippen LogP contribution in [0.15, 0.2) is 59.1 Å². The number of rotatable bonds is 3. The highest BCUT2D eigenvalue weighted by Gasteiger charge is 2.53. The number of carbonyl (C=O) groups excluding carboxylic acids is 2. The number of benzene rings is 2. The first-order chi connectivity index (χ1) is 12.6. The van der Waals surface area contributed by atoms with Gasteiger partial charge in [0, 0.05) is 36.2 Å². The predicted octanol–water partition coefficient (Wildman–Crippen LogP) is 3.47. The van der Waals surface area contributed by atoms with E-state index in [1.807, 2.05) is 64.4 Å². The van der Waals surface area contributed by atoms with Crippen molar-refractivity contribution >= 4 is 27.7 Å². The van der Waals surface area contributed by atoms with E-state index >= 15 is 0 Å². The number of carbonyl (C=O) groups is 2. The van der Waals surface area contributed by atoms with Crippen molar-refractivity contribution in [3.05, 3.63) is 70.2 Å².